The van der Waals surface area contributed by atoms with Gasteiger partial charge in [-0.25, -0.2) is 14.8 Å². The quantitative estimate of drug-likeness (QED) is 0.774. The molecule has 24 heavy (non-hydrogen) atoms. The average Bonchev–Trinajstić information content (AvgIpc) is 2.61. The summed E-state index contributed by atoms with van der Waals surface area (Å²) in [7, 11) is 0. The zero-order valence-corrected chi connectivity index (χ0v) is 13.2. The van der Waals surface area contributed by atoms with Crippen molar-refractivity contribution in [2.24, 2.45) is 0 Å². The predicted octanol–water partition coefficient (Wildman–Crippen LogP) is 3.17. The van der Waals surface area contributed by atoms with Gasteiger partial charge >= 0.3 is 6.03 Å². The van der Waals surface area contributed by atoms with E-state index in [1.54, 1.807) is 18.6 Å². The number of pyridine rings is 1. The lowest BCUT2D eigenvalue weighted by molar-refractivity contribution is 0.251. The number of nitrogens with zero attached hydrogens (tertiary/aromatic N) is 3. The summed E-state index contributed by atoms with van der Waals surface area (Å²) in [5.41, 5.74) is 3.46. The van der Waals surface area contributed by atoms with E-state index in [0.717, 1.165) is 16.8 Å². The topological polar surface area (TPSA) is 79.8 Å². The van der Waals surface area contributed by atoms with Gasteiger partial charge in [0.15, 0.2) is 5.82 Å². The standard InChI is InChI=1S/C18H17N5O/c1-13-8-10-20-17(22-13)15-4-6-16(7-5-15)23-18(24)21-12-14-3-2-9-19-11-14/h2-11H,12H2,1H3,(H2,21,23,24). The molecule has 0 saturated heterocycles. The second kappa shape index (κ2) is 7.32. The van der Waals surface area contributed by atoms with E-state index in [9.17, 15) is 4.79 Å². The number of carbonyl (C=O) groups excluding carboxylic acids is 1. The van der Waals surface area contributed by atoms with Crippen molar-refractivity contribution in [1.82, 2.24) is 20.3 Å². The summed E-state index contributed by atoms with van der Waals surface area (Å²) >= 11 is 0. The smallest absolute Gasteiger partial charge is 0.319 e. The normalized spacial score (nSPS) is 10.2. The van der Waals surface area contributed by atoms with Crippen LogP contribution in [0.25, 0.3) is 11.4 Å². The summed E-state index contributed by atoms with van der Waals surface area (Å²) in [6, 6.07) is 12.7. The van der Waals surface area contributed by atoms with Gasteiger partial charge in [-0.3, -0.25) is 4.98 Å². The molecule has 6 nitrogen and oxygen atoms in total. The summed E-state index contributed by atoms with van der Waals surface area (Å²) < 4.78 is 0. The molecule has 0 radical (unpaired) electrons. The van der Waals surface area contributed by atoms with E-state index in [4.69, 9.17) is 0 Å². The minimum absolute atomic E-state index is 0.265. The van der Waals surface area contributed by atoms with Gasteiger partial charge in [-0.15, -0.1) is 0 Å². The van der Waals surface area contributed by atoms with Gasteiger partial charge in [0.2, 0.25) is 0 Å². The fourth-order valence-electron chi connectivity index (χ4n) is 2.15. The molecule has 0 aliphatic carbocycles. The zero-order chi connectivity index (χ0) is 16.8. The highest BCUT2D eigenvalue weighted by atomic mass is 16.2. The average molecular weight is 319 g/mol. The van der Waals surface area contributed by atoms with Gasteiger partial charge in [0.05, 0.1) is 0 Å². The van der Waals surface area contributed by atoms with Crippen LogP contribution in [0.4, 0.5) is 10.5 Å². The van der Waals surface area contributed by atoms with Crippen molar-refractivity contribution in [3.63, 3.8) is 0 Å². The Balaban J connectivity index is 1.58. The molecule has 2 heterocycles. The highest BCUT2D eigenvalue weighted by molar-refractivity contribution is 5.89. The number of hydrogen-bond donors (Lipinski definition) is 2. The van der Waals surface area contributed by atoms with E-state index in [0.29, 0.717) is 18.1 Å². The third kappa shape index (κ3) is 4.13. The molecule has 0 aliphatic heterocycles. The Morgan fingerprint density at radius 3 is 2.62 bits per heavy atom. The maximum Gasteiger partial charge on any atom is 0.319 e. The first-order chi connectivity index (χ1) is 11.7. The molecular weight excluding hydrogens is 302 g/mol. The number of nitrogens with one attached hydrogen (secondary N) is 2. The van der Waals surface area contributed by atoms with Crippen LogP contribution in [0.1, 0.15) is 11.3 Å². The summed E-state index contributed by atoms with van der Waals surface area (Å²) in [6.07, 6.45) is 5.15. The van der Waals surface area contributed by atoms with Gasteiger partial charge in [-0.05, 0) is 48.9 Å². The minimum atomic E-state index is -0.265. The Labute approximate surface area is 140 Å². The second-order valence-corrected chi connectivity index (χ2v) is 5.27. The predicted molar refractivity (Wildman–Crippen MR) is 92.3 cm³/mol. The third-order valence-corrected chi connectivity index (χ3v) is 3.37. The van der Waals surface area contributed by atoms with Crippen LogP contribution < -0.4 is 10.6 Å². The summed E-state index contributed by atoms with van der Waals surface area (Å²) in [5, 5.41) is 5.58. The van der Waals surface area contributed by atoms with Crippen molar-refractivity contribution in [3.8, 4) is 11.4 Å². The lowest BCUT2D eigenvalue weighted by Gasteiger charge is -2.08. The molecule has 0 bridgehead atoms. The molecule has 2 N–H and O–H groups in total. The first-order valence-corrected chi connectivity index (χ1v) is 7.54. The van der Waals surface area contributed by atoms with Crippen molar-refractivity contribution in [2.45, 2.75) is 13.5 Å². The van der Waals surface area contributed by atoms with Crippen LogP contribution in [0.5, 0.6) is 0 Å². The molecule has 3 aromatic rings. The van der Waals surface area contributed by atoms with E-state index >= 15 is 0 Å². The van der Waals surface area contributed by atoms with E-state index in [-0.39, 0.29) is 6.03 Å². The number of aromatic nitrogens is 3. The molecule has 0 aliphatic rings. The number of rotatable bonds is 4. The van der Waals surface area contributed by atoms with Crippen molar-refractivity contribution >= 4 is 11.7 Å². The Morgan fingerprint density at radius 1 is 1.08 bits per heavy atom. The molecule has 0 spiro atoms. The SMILES string of the molecule is Cc1ccnc(-c2ccc(NC(=O)NCc3cccnc3)cc2)n1. The Morgan fingerprint density at radius 2 is 1.92 bits per heavy atom. The van der Waals surface area contributed by atoms with Crippen LogP contribution in [-0.2, 0) is 6.54 Å². The molecule has 0 unspecified atom stereocenters. The molecule has 2 amide bonds. The van der Waals surface area contributed by atoms with Gasteiger partial charge in [0.25, 0.3) is 0 Å². The summed E-state index contributed by atoms with van der Waals surface area (Å²) in [5.74, 6) is 0.669. The fourth-order valence-corrected chi connectivity index (χ4v) is 2.15. The molecule has 120 valence electrons. The molecule has 3 rings (SSSR count). The van der Waals surface area contributed by atoms with E-state index in [2.05, 4.69) is 25.6 Å². The highest BCUT2D eigenvalue weighted by Gasteiger charge is 2.04. The summed E-state index contributed by atoms with van der Waals surface area (Å²) in [6.45, 7) is 2.35. The first kappa shape index (κ1) is 15.6. The highest BCUT2D eigenvalue weighted by Crippen LogP contribution is 2.17. The Kier molecular flexibility index (Phi) is 4.76. The van der Waals surface area contributed by atoms with Crippen LogP contribution in [0.3, 0.4) is 0 Å². The first-order valence-electron chi connectivity index (χ1n) is 7.54. The largest absolute Gasteiger partial charge is 0.334 e. The van der Waals surface area contributed by atoms with E-state index in [1.165, 1.54) is 0 Å². The Bertz CT molecular complexity index is 818. The molecule has 0 atom stereocenters. The number of anilines is 1. The number of hydrogen-bond acceptors (Lipinski definition) is 4. The van der Waals surface area contributed by atoms with Gasteiger partial charge < -0.3 is 10.6 Å². The van der Waals surface area contributed by atoms with Gasteiger partial charge in [0, 0.05) is 42.1 Å². The van der Waals surface area contributed by atoms with Crippen LogP contribution in [-0.4, -0.2) is 21.0 Å². The van der Waals surface area contributed by atoms with Gasteiger partial charge in [-0.1, -0.05) is 6.07 Å². The van der Waals surface area contributed by atoms with E-state index in [1.807, 2.05) is 49.4 Å². The van der Waals surface area contributed by atoms with E-state index < -0.39 is 0 Å². The number of aryl methyl sites for hydroxylation is 1. The number of benzene rings is 1. The van der Waals surface area contributed by atoms with Crippen LogP contribution in [0.2, 0.25) is 0 Å². The second-order valence-electron chi connectivity index (χ2n) is 5.27. The fraction of sp³-hybridized carbons (Fsp3) is 0.111. The molecule has 1 aromatic carbocycles. The van der Waals surface area contributed by atoms with Gasteiger partial charge in [0.1, 0.15) is 0 Å². The van der Waals surface area contributed by atoms with Crippen molar-refractivity contribution in [3.05, 3.63) is 72.3 Å². The van der Waals surface area contributed by atoms with Crippen molar-refractivity contribution < 1.29 is 4.79 Å². The summed E-state index contributed by atoms with van der Waals surface area (Å²) in [4.78, 5) is 24.6. The molecule has 0 fully saturated rings. The molecule has 0 saturated carbocycles. The number of urea groups is 1. The minimum Gasteiger partial charge on any atom is -0.334 e. The zero-order valence-electron chi connectivity index (χ0n) is 13.2. The molecule has 2 aromatic heterocycles. The number of carbonyl (C=O) groups is 1. The Hall–Kier alpha value is -3.28. The van der Waals surface area contributed by atoms with Crippen molar-refractivity contribution in [2.75, 3.05) is 5.32 Å². The molecular formula is C18H17N5O. The molecule has 6 heteroatoms. The van der Waals surface area contributed by atoms with Crippen LogP contribution >= 0.6 is 0 Å². The lowest BCUT2D eigenvalue weighted by Crippen LogP contribution is -2.28. The van der Waals surface area contributed by atoms with Crippen LogP contribution in [0.15, 0.2) is 61.1 Å². The maximum atomic E-state index is 11.9. The maximum absolute atomic E-state index is 11.9. The number of amides is 2. The van der Waals surface area contributed by atoms with Crippen molar-refractivity contribution in [1.29, 1.82) is 0 Å². The van der Waals surface area contributed by atoms with Gasteiger partial charge in [-0.2, -0.15) is 0 Å². The van der Waals surface area contributed by atoms with Crippen LogP contribution in [0, 0.1) is 6.92 Å². The third-order valence-electron chi connectivity index (χ3n) is 3.37. The lowest BCUT2D eigenvalue weighted by atomic mass is 10.2. The monoisotopic (exact) mass is 319 g/mol.